The number of ether oxygens (including phenoxy) is 1. The van der Waals surface area contributed by atoms with E-state index in [4.69, 9.17) is 4.74 Å². The Morgan fingerprint density at radius 1 is 1.25 bits per heavy atom. The molecule has 104 valence electrons. The summed E-state index contributed by atoms with van der Waals surface area (Å²) in [7, 11) is 1.53. The van der Waals surface area contributed by atoms with E-state index in [-0.39, 0.29) is 5.82 Å². The molecule has 0 unspecified atom stereocenters. The van der Waals surface area contributed by atoms with Gasteiger partial charge in [0.25, 0.3) is 0 Å². The Hall–Kier alpha value is -1.44. The lowest BCUT2D eigenvalue weighted by molar-refractivity contribution is 0.412. The summed E-state index contributed by atoms with van der Waals surface area (Å²) >= 11 is 2.26. The third kappa shape index (κ3) is 1.85. The largest absolute Gasteiger partial charge is 0.497 e. The summed E-state index contributed by atoms with van der Waals surface area (Å²) in [5.41, 5.74) is 3.67. The molecule has 0 radical (unpaired) electrons. The van der Waals surface area contributed by atoms with Crippen LogP contribution < -0.4 is 4.74 Å². The smallest absolute Gasteiger partial charge is 0.154 e. The summed E-state index contributed by atoms with van der Waals surface area (Å²) in [4.78, 5) is 8.95. The fraction of sp³-hybridized carbons (Fsp3) is 0.286. The van der Waals surface area contributed by atoms with Crippen molar-refractivity contribution in [1.29, 1.82) is 0 Å². The first-order valence-corrected chi connectivity index (χ1v) is 7.67. The van der Waals surface area contributed by atoms with Crippen molar-refractivity contribution >= 4 is 39.1 Å². The second kappa shape index (κ2) is 4.83. The van der Waals surface area contributed by atoms with Crippen molar-refractivity contribution in [3.63, 3.8) is 0 Å². The highest BCUT2D eigenvalue weighted by Crippen LogP contribution is 2.28. The van der Waals surface area contributed by atoms with Crippen LogP contribution in [0.2, 0.25) is 0 Å². The number of hydrogen-bond acceptors (Lipinski definition) is 3. The van der Waals surface area contributed by atoms with Crippen LogP contribution in [0.1, 0.15) is 17.2 Å². The number of imidazole rings is 1. The lowest BCUT2D eigenvalue weighted by Gasteiger charge is -2.09. The van der Waals surface area contributed by atoms with Gasteiger partial charge in [-0.2, -0.15) is 0 Å². The van der Waals surface area contributed by atoms with Gasteiger partial charge in [0, 0.05) is 12.1 Å². The van der Waals surface area contributed by atoms with Gasteiger partial charge in [0.15, 0.2) is 5.82 Å². The highest BCUT2D eigenvalue weighted by molar-refractivity contribution is 14.1. The van der Waals surface area contributed by atoms with Crippen LogP contribution in [0.4, 0.5) is 4.39 Å². The van der Waals surface area contributed by atoms with Gasteiger partial charge in [0.2, 0.25) is 0 Å². The van der Waals surface area contributed by atoms with Gasteiger partial charge in [-0.15, -0.1) is 0 Å². The zero-order valence-corrected chi connectivity index (χ0v) is 13.5. The van der Waals surface area contributed by atoms with Crippen LogP contribution in [0, 0.1) is 19.7 Å². The highest BCUT2D eigenvalue weighted by atomic mass is 127. The Bertz CT molecular complexity index is 828. The second-order valence-corrected chi connectivity index (χ2v) is 5.37. The summed E-state index contributed by atoms with van der Waals surface area (Å²) < 4.78 is 22.1. The molecule has 0 aliphatic rings. The predicted molar refractivity (Wildman–Crippen MR) is 84.2 cm³/mol. The molecule has 2 heterocycles. The second-order valence-electron chi connectivity index (χ2n) is 4.61. The molecule has 0 bridgehead atoms. The molecule has 0 aliphatic carbocycles. The molecule has 0 amide bonds. The summed E-state index contributed by atoms with van der Waals surface area (Å²) in [6, 6.07) is 3.16. The number of methoxy groups -OCH3 is 1. The van der Waals surface area contributed by atoms with Crippen molar-refractivity contribution in [3.8, 4) is 5.75 Å². The maximum Gasteiger partial charge on any atom is 0.154 e. The molecule has 2 aromatic heterocycles. The third-order valence-corrected chi connectivity index (χ3v) is 4.04. The summed E-state index contributed by atoms with van der Waals surface area (Å²) in [5.74, 6) is 0.990. The van der Waals surface area contributed by atoms with Crippen LogP contribution in [-0.4, -0.2) is 21.5 Å². The summed E-state index contributed by atoms with van der Waals surface area (Å²) in [6.07, 6.45) is 0. The minimum absolute atomic E-state index is 0.347. The fourth-order valence-corrected chi connectivity index (χ4v) is 3.05. The molecule has 0 atom stereocenters. The number of nitrogens with zero attached hydrogens (tertiary/aromatic N) is 3. The standard InChI is InChI=1S/C14H13FIN3O/c1-7-14-8(2)18-13-10(15)4-9(20-3)5-11(13)19(14)12(6-16)17-7/h4-5H,6H2,1-3H3. The van der Waals surface area contributed by atoms with Gasteiger partial charge in [0.1, 0.15) is 17.1 Å². The van der Waals surface area contributed by atoms with E-state index >= 15 is 0 Å². The van der Waals surface area contributed by atoms with Crippen molar-refractivity contribution in [2.75, 3.05) is 7.11 Å². The fourth-order valence-electron chi connectivity index (χ4n) is 2.54. The molecule has 1 aromatic carbocycles. The number of hydrogen-bond donors (Lipinski definition) is 0. The third-order valence-electron chi connectivity index (χ3n) is 3.36. The van der Waals surface area contributed by atoms with E-state index in [1.54, 1.807) is 6.07 Å². The average molecular weight is 385 g/mol. The molecular weight excluding hydrogens is 372 g/mol. The van der Waals surface area contributed by atoms with Gasteiger partial charge < -0.3 is 4.74 Å². The summed E-state index contributed by atoms with van der Waals surface area (Å²) in [5, 5.41) is 0. The van der Waals surface area contributed by atoms with Gasteiger partial charge in [-0.25, -0.2) is 14.4 Å². The van der Waals surface area contributed by atoms with Crippen LogP contribution in [0.3, 0.4) is 0 Å². The number of alkyl halides is 1. The molecule has 3 rings (SSSR count). The van der Waals surface area contributed by atoms with Gasteiger partial charge >= 0.3 is 0 Å². The molecule has 0 saturated heterocycles. The SMILES string of the molecule is COc1cc(F)c2nc(C)c3c(C)nc(CI)n3c2c1. The lowest BCUT2D eigenvalue weighted by Crippen LogP contribution is -2.00. The van der Waals surface area contributed by atoms with Crippen molar-refractivity contribution in [1.82, 2.24) is 14.4 Å². The Labute approximate surface area is 129 Å². The normalized spacial score (nSPS) is 11.4. The molecule has 20 heavy (non-hydrogen) atoms. The minimum Gasteiger partial charge on any atom is -0.497 e. The van der Waals surface area contributed by atoms with Crippen molar-refractivity contribution in [2.24, 2.45) is 0 Å². The van der Waals surface area contributed by atoms with E-state index in [1.807, 2.05) is 18.2 Å². The molecule has 4 nitrogen and oxygen atoms in total. The highest BCUT2D eigenvalue weighted by Gasteiger charge is 2.17. The molecule has 0 saturated carbocycles. The first kappa shape index (κ1) is 13.5. The maximum absolute atomic E-state index is 14.2. The first-order valence-electron chi connectivity index (χ1n) is 6.14. The molecule has 0 spiro atoms. The van der Waals surface area contributed by atoms with Gasteiger partial charge in [-0.1, -0.05) is 22.6 Å². The number of rotatable bonds is 2. The lowest BCUT2D eigenvalue weighted by atomic mass is 10.2. The zero-order chi connectivity index (χ0) is 14.4. The Morgan fingerprint density at radius 3 is 2.60 bits per heavy atom. The van der Waals surface area contributed by atoms with Crippen molar-refractivity contribution in [3.05, 3.63) is 35.2 Å². The Kier molecular flexibility index (Phi) is 3.27. The van der Waals surface area contributed by atoms with E-state index in [2.05, 4.69) is 32.6 Å². The number of halogens is 2. The maximum atomic E-state index is 14.2. The number of benzene rings is 1. The van der Waals surface area contributed by atoms with E-state index < -0.39 is 0 Å². The molecule has 0 fully saturated rings. The molecule has 0 aliphatic heterocycles. The molecule has 0 N–H and O–H groups in total. The first-order chi connectivity index (χ1) is 9.56. The quantitative estimate of drug-likeness (QED) is 0.500. The van der Waals surface area contributed by atoms with E-state index in [0.29, 0.717) is 16.8 Å². The number of aromatic nitrogens is 3. The molecule has 6 heteroatoms. The van der Waals surface area contributed by atoms with Gasteiger partial charge in [0.05, 0.1) is 34.0 Å². The Balaban J connectivity index is 2.59. The van der Waals surface area contributed by atoms with Crippen LogP contribution in [0.25, 0.3) is 16.6 Å². The van der Waals surface area contributed by atoms with Crippen LogP contribution in [0.5, 0.6) is 5.75 Å². The Morgan fingerprint density at radius 2 is 1.95 bits per heavy atom. The van der Waals surface area contributed by atoms with E-state index in [9.17, 15) is 4.39 Å². The van der Waals surface area contributed by atoms with Crippen LogP contribution in [-0.2, 0) is 4.43 Å². The zero-order valence-electron chi connectivity index (χ0n) is 11.4. The van der Waals surface area contributed by atoms with Gasteiger partial charge in [-0.05, 0) is 13.8 Å². The molecule has 3 aromatic rings. The predicted octanol–water partition coefficient (Wildman–Crippen LogP) is 3.58. The number of aryl methyl sites for hydroxylation is 2. The number of fused-ring (bicyclic) bond motifs is 3. The van der Waals surface area contributed by atoms with Crippen molar-refractivity contribution < 1.29 is 9.13 Å². The van der Waals surface area contributed by atoms with E-state index in [1.165, 1.54) is 13.2 Å². The summed E-state index contributed by atoms with van der Waals surface area (Å²) in [6.45, 7) is 3.83. The molecular formula is C14H13FIN3O. The average Bonchev–Trinajstić information content (AvgIpc) is 2.78. The monoisotopic (exact) mass is 385 g/mol. The topological polar surface area (TPSA) is 39.4 Å². The van der Waals surface area contributed by atoms with Crippen LogP contribution >= 0.6 is 22.6 Å². The van der Waals surface area contributed by atoms with E-state index in [0.717, 1.165) is 27.2 Å². The van der Waals surface area contributed by atoms with Gasteiger partial charge in [-0.3, -0.25) is 4.40 Å². The van der Waals surface area contributed by atoms with Crippen molar-refractivity contribution in [2.45, 2.75) is 18.3 Å². The minimum atomic E-state index is -0.380. The van der Waals surface area contributed by atoms with Crippen LogP contribution in [0.15, 0.2) is 12.1 Å².